The lowest BCUT2D eigenvalue weighted by Crippen LogP contribution is -2.50. The van der Waals surface area contributed by atoms with Crippen LogP contribution in [-0.4, -0.2) is 43.5 Å². The van der Waals surface area contributed by atoms with Crippen molar-refractivity contribution < 1.29 is 4.79 Å². The molecule has 1 aliphatic heterocycles. The van der Waals surface area contributed by atoms with Gasteiger partial charge in [0, 0.05) is 52.6 Å². The molecule has 1 aliphatic rings. The van der Waals surface area contributed by atoms with Crippen LogP contribution in [0.1, 0.15) is 0 Å². The molecule has 1 fully saturated rings. The molecular weight excluding hydrogens is 381 g/mol. The van der Waals surface area contributed by atoms with E-state index in [4.69, 9.17) is 34.8 Å². The second-order valence-electron chi connectivity index (χ2n) is 5.86. The number of amides is 1. The van der Waals surface area contributed by atoms with Crippen LogP contribution in [0.25, 0.3) is 0 Å². The lowest BCUT2D eigenvalue weighted by atomic mass is 10.2. The molecule has 1 N–H and O–H groups in total. The van der Waals surface area contributed by atoms with Gasteiger partial charge < -0.3 is 15.1 Å². The lowest BCUT2D eigenvalue weighted by molar-refractivity contribution is -0.129. The van der Waals surface area contributed by atoms with Crippen LogP contribution < -0.4 is 10.2 Å². The number of anilines is 2. The van der Waals surface area contributed by atoms with Crippen molar-refractivity contribution in [3.05, 3.63) is 57.5 Å². The van der Waals surface area contributed by atoms with Crippen molar-refractivity contribution in [1.82, 2.24) is 4.90 Å². The zero-order valence-corrected chi connectivity index (χ0v) is 15.8. The van der Waals surface area contributed by atoms with E-state index in [1.165, 1.54) is 0 Å². The molecule has 4 nitrogen and oxygen atoms in total. The summed E-state index contributed by atoms with van der Waals surface area (Å²) in [6.07, 6.45) is 0. The Bertz CT molecular complexity index is 741. The van der Waals surface area contributed by atoms with Gasteiger partial charge in [-0.2, -0.15) is 0 Å². The van der Waals surface area contributed by atoms with Gasteiger partial charge in [0.15, 0.2) is 0 Å². The van der Waals surface area contributed by atoms with Crippen LogP contribution in [-0.2, 0) is 4.79 Å². The van der Waals surface area contributed by atoms with E-state index in [0.29, 0.717) is 23.1 Å². The van der Waals surface area contributed by atoms with Crippen molar-refractivity contribution >= 4 is 52.1 Å². The van der Waals surface area contributed by atoms with E-state index in [9.17, 15) is 4.79 Å². The summed E-state index contributed by atoms with van der Waals surface area (Å²) < 4.78 is 0. The first-order valence-corrected chi connectivity index (χ1v) is 9.13. The van der Waals surface area contributed by atoms with Gasteiger partial charge >= 0.3 is 0 Å². The van der Waals surface area contributed by atoms with Gasteiger partial charge in [-0.05, 0) is 36.4 Å². The summed E-state index contributed by atoms with van der Waals surface area (Å²) in [5.74, 6) is 0.0573. The van der Waals surface area contributed by atoms with E-state index < -0.39 is 0 Å². The number of carbonyl (C=O) groups is 1. The third kappa shape index (κ3) is 4.94. The highest BCUT2D eigenvalue weighted by Gasteiger charge is 2.21. The molecule has 0 aromatic heterocycles. The maximum absolute atomic E-state index is 12.4. The van der Waals surface area contributed by atoms with Crippen LogP contribution in [0.5, 0.6) is 0 Å². The van der Waals surface area contributed by atoms with Gasteiger partial charge in [0.2, 0.25) is 5.91 Å². The summed E-state index contributed by atoms with van der Waals surface area (Å²) in [6, 6.07) is 12.9. The molecule has 0 saturated carbocycles. The van der Waals surface area contributed by atoms with Crippen molar-refractivity contribution in [2.45, 2.75) is 0 Å². The number of carbonyl (C=O) groups excluding carboxylic acids is 1. The number of hydrogen-bond donors (Lipinski definition) is 1. The molecule has 0 bridgehead atoms. The summed E-state index contributed by atoms with van der Waals surface area (Å²) in [5.41, 5.74) is 1.83. The van der Waals surface area contributed by atoms with Gasteiger partial charge in [0.1, 0.15) is 0 Å². The largest absolute Gasteiger partial charge is 0.376 e. The molecule has 0 aliphatic carbocycles. The van der Waals surface area contributed by atoms with Crippen LogP contribution in [0.15, 0.2) is 42.5 Å². The van der Waals surface area contributed by atoms with Gasteiger partial charge in [-0.15, -0.1) is 0 Å². The number of benzene rings is 2. The molecular formula is C18H18Cl3N3O. The van der Waals surface area contributed by atoms with Crippen molar-refractivity contribution in [1.29, 1.82) is 0 Å². The van der Waals surface area contributed by atoms with E-state index in [0.717, 1.165) is 29.5 Å². The SMILES string of the molecule is O=C(CNc1cc(Cl)cc(Cl)c1)N1CCN(c2cccc(Cl)c2)CC1. The minimum absolute atomic E-state index is 0.0573. The first-order chi connectivity index (χ1) is 12.0. The number of nitrogens with one attached hydrogen (secondary N) is 1. The van der Waals surface area contributed by atoms with Crippen LogP contribution in [0.4, 0.5) is 11.4 Å². The summed E-state index contributed by atoms with van der Waals surface area (Å²) in [5, 5.41) is 4.88. The predicted molar refractivity (Wildman–Crippen MR) is 105 cm³/mol. The monoisotopic (exact) mass is 397 g/mol. The quantitative estimate of drug-likeness (QED) is 0.829. The van der Waals surface area contributed by atoms with E-state index in [2.05, 4.69) is 10.2 Å². The Morgan fingerprint density at radius 2 is 1.60 bits per heavy atom. The summed E-state index contributed by atoms with van der Waals surface area (Å²) in [7, 11) is 0. The molecule has 1 heterocycles. The Morgan fingerprint density at radius 3 is 2.24 bits per heavy atom. The summed E-state index contributed by atoms with van der Waals surface area (Å²) in [4.78, 5) is 16.5. The molecule has 0 atom stereocenters. The van der Waals surface area contributed by atoms with Crippen molar-refractivity contribution in [3.63, 3.8) is 0 Å². The molecule has 2 aromatic rings. The second-order valence-corrected chi connectivity index (χ2v) is 7.17. The highest BCUT2D eigenvalue weighted by molar-refractivity contribution is 6.35. The molecule has 0 radical (unpaired) electrons. The van der Waals surface area contributed by atoms with Crippen molar-refractivity contribution in [3.8, 4) is 0 Å². The van der Waals surface area contributed by atoms with E-state index >= 15 is 0 Å². The first kappa shape index (κ1) is 18.2. The standard InChI is InChI=1S/C18H18Cl3N3O/c19-13-2-1-3-17(11-13)23-4-6-24(7-5-23)18(25)12-22-16-9-14(20)8-15(21)10-16/h1-3,8-11,22H,4-7,12H2. The average molecular weight is 399 g/mol. The fraction of sp³-hybridized carbons (Fsp3) is 0.278. The zero-order chi connectivity index (χ0) is 17.8. The maximum Gasteiger partial charge on any atom is 0.241 e. The van der Waals surface area contributed by atoms with Crippen molar-refractivity contribution in [2.24, 2.45) is 0 Å². The summed E-state index contributed by atoms with van der Waals surface area (Å²) >= 11 is 18.0. The van der Waals surface area contributed by atoms with E-state index in [-0.39, 0.29) is 12.5 Å². The van der Waals surface area contributed by atoms with Crippen LogP contribution in [0.3, 0.4) is 0 Å². The molecule has 0 unspecified atom stereocenters. The van der Waals surface area contributed by atoms with Gasteiger partial charge in [-0.1, -0.05) is 40.9 Å². The third-order valence-corrected chi connectivity index (χ3v) is 4.78. The number of hydrogen-bond acceptors (Lipinski definition) is 3. The van der Waals surface area contributed by atoms with Crippen molar-refractivity contribution in [2.75, 3.05) is 42.9 Å². The Kier molecular flexibility index (Phi) is 5.94. The molecule has 1 amide bonds. The molecule has 1 saturated heterocycles. The van der Waals surface area contributed by atoms with Crippen LogP contribution >= 0.6 is 34.8 Å². The summed E-state index contributed by atoms with van der Waals surface area (Å²) in [6.45, 7) is 3.16. The Morgan fingerprint density at radius 1 is 0.920 bits per heavy atom. The lowest BCUT2D eigenvalue weighted by Gasteiger charge is -2.36. The fourth-order valence-electron chi connectivity index (χ4n) is 2.83. The Hall–Kier alpha value is -1.62. The maximum atomic E-state index is 12.4. The van der Waals surface area contributed by atoms with E-state index in [1.807, 2.05) is 29.2 Å². The van der Waals surface area contributed by atoms with Gasteiger partial charge in [-0.25, -0.2) is 0 Å². The Labute approximate surface area is 162 Å². The number of halogens is 3. The number of piperazine rings is 1. The molecule has 7 heteroatoms. The third-order valence-electron chi connectivity index (χ3n) is 4.11. The molecule has 0 spiro atoms. The normalized spacial score (nSPS) is 14.5. The average Bonchev–Trinajstić information content (AvgIpc) is 2.59. The van der Waals surface area contributed by atoms with Crippen LogP contribution in [0.2, 0.25) is 15.1 Å². The highest BCUT2D eigenvalue weighted by atomic mass is 35.5. The number of rotatable bonds is 4. The molecule has 25 heavy (non-hydrogen) atoms. The van der Waals surface area contributed by atoms with Gasteiger partial charge in [-0.3, -0.25) is 4.79 Å². The zero-order valence-electron chi connectivity index (χ0n) is 13.5. The Balaban J connectivity index is 1.51. The minimum Gasteiger partial charge on any atom is -0.376 e. The van der Waals surface area contributed by atoms with Gasteiger partial charge in [0.05, 0.1) is 6.54 Å². The highest BCUT2D eigenvalue weighted by Crippen LogP contribution is 2.23. The predicted octanol–water partition coefficient (Wildman–Crippen LogP) is 4.41. The van der Waals surface area contributed by atoms with Crippen LogP contribution in [0, 0.1) is 0 Å². The minimum atomic E-state index is 0.0573. The fourth-order valence-corrected chi connectivity index (χ4v) is 3.54. The second kappa shape index (κ2) is 8.17. The smallest absolute Gasteiger partial charge is 0.241 e. The first-order valence-electron chi connectivity index (χ1n) is 7.99. The number of nitrogens with zero attached hydrogens (tertiary/aromatic N) is 2. The van der Waals surface area contributed by atoms with E-state index in [1.54, 1.807) is 18.2 Å². The molecule has 2 aromatic carbocycles. The molecule has 3 rings (SSSR count). The topological polar surface area (TPSA) is 35.6 Å². The van der Waals surface area contributed by atoms with Gasteiger partial charge in [0.25, 0.3) is 0 Å². The molecule has 132 valence electrons.